The third-order valence-electron chi connectivity index (χ3n) is 7.36. The van der Waals surface area contributed by atoms with Crippen molar-refractivity contribution in [1.82, 2.24) is 0 Å². The fourth-order valence-electron chi connectivity index (χ4n) is 5.03. The van der Waals surface area contributed by atoms with Crippen LogP contribution >= 0.6 is 0 Å². The molecule has 1 aliphatic carbocycles. The molecule has 0 aliphatic heterocycles. The van der Waals surface area contributed by atoms with Crippen molar-refractivity contribution in [2.24, 2.45) is 0 Å². The molecule has 0 spiro atoms. The van der Waals surface area contributed by atoms with Gasteiger partial charge in [0, 0.05) is 11.1 Å². The summed E-state index contributed by atoms with van der Waals surface area (Å²) in [6.07, 6.45) is 7.67. The van der Waals surface area contributed by atoms with Gasteiger partial charge in [-0.15, -0.1) is 0 Å². The zero-order valence-corrected chi connectivity index (χ0v) is 21.9. The molecule has 0 bridgehead atoms. The van der Waals surface area contributed by atoms with Crippen LogP contribution in [-0.4, -0.2) is 12.7 Å². The summed E-state index contributed by atoms with van der Waals surface area (Å²) in [7, 11) is 0. The highest BCUT2D eigenvalue weighted by atomic mass is 19.2. The van der Waals surface area contributed by atoms with E-state index in [1.54, 1.807) is 36.4 Å². The van der Waals surface area contributed by atoms with E-state index in [1.165, 1.54) is 6.42 Å². The van der Waals surface area contributed by atoms with Crippen molar-refractivity contribution in [1.29, 1.82) is 0 Å². The molecule has 5 heteroatoms. The summed E-state index contributed by atoms with van der Waals surface area (Å²) in [6, 6.07) is 15.9. The molecule has 0 heterocycles. The van der Waals surface area contributed by atoms with Gasteiger partial charge < -0.3 is 9.47 Å². The summed E-state index contributed by atoms with van der Waals surface area (Å²) < 4.78 is 55.7. The molecule has 1 aliphatic rings. The van der Waals surface area contributed by atoms with Crippen molar-refractivity contribution < 1.29 is 22.6 Å². The number of ether oxygens (including phenoxy) is 2. The van der Waals surface area contributed by atoms with Crippen LogP contribution in [0.1, 0.15) is 80.9 Å². The first-order valence-corrected chi connectivity index (χ1v) is 13.5. The lowest BCUT2D eigenvalue weighted by atomic mass is 9.82. The second-order valence-corrected chi connectivity index (χ2v) is 10.1. The minimum absolute atomic E-state index is 0.0222. The number of hydrogen-bond donors (Lipinski definition) is 0. The Bertz CT molecular complexity index is 1150. The number of halogens is 3. The Morgan fingerprint density at radius 3 is 2.27 bits per heavy atom. The molecular weight excluding hydrogens is 473 g/mol. The summed E-state index contributed by atoms with van der Waals surface area (Å²) in [5, 5.41) is 0. The Hall–Kier alpha value is -2.79. The van der Waals surface area contributed by atoms with Gasteiger partial charge in [0.1, 0.15) is 0 Å². The Morgan fingerprint density at radius 1 is 0.811 bits per heavy atom. The van der Waals surface area contributed by atoms with Crippen LogP contribution in [0.2, 0.25) is 0 Å². The highest BCUT2D eigenvalue weighted by molar-refractivity contribution is 5.65. The maximum atomic E-state index is 14.8. The van der Waals surface area contributed by atoms with Gasteiger partial charge in [-0.1, -0.05) is 74.2 Å². The maximum Gasteiger partial charge on any atom is 0.167 e. The average molecular weight is 511 g/mol. The first-order valence-electron chi connectivity index (χ1n) is 13.5. The van der Waals surface area contributed by atoms with Crippen molar-refractivity contribution >= 4 is 0 Å². The van der Waals surface area contributed by atoms with Crippen LogP contribution in [0.4, 0.5) is 13.2 Å². The SMILES string of the molecule is CCCCCCOc1ccc(C2CCC(OCc3ccc(-c4ccc(C)cc4)c(F)c3F)CC2)cc1F. The van der Waals surface area contributed by atoms with Crippen molar-refractivity contribution in [2.45, 2.75) is 83.8 Å². The summed E-state index contributed by atoms with van der Waals surface area (Å²) in [6.45, 7) is 4.68. The summed E-state index contributed by atoms with van der Waals surface area (Å²) >= 11 is 0. The molecule has 198 valence electrons. The summed E-state index contributed by atoms with van der Waals surface area (Å²) in [4.78, 5) is 0. The van der Waals surface area contributed by atoms with E-state index in [4.69, 9.17) is 9.47 Å². The molecule has 2 nitrogen and oxygen atoms in total. The Morgan fingerprint density at radius 2 is 1.57 bits per heavy atom. The van der Waals surface area contributed by atoms with Crippen LogP contribution in [0, 0.1) is 24.4 Å². The fraction of sp³-hybridized carbons (Fsp3) is 0.438. The third kappa shape index (κ3) is 7.16. The second kappa shape index (κ2) is 13.1. The molecule has 0 unspecified atom stereocenters. The van der Waals surface area contributed by atoms with Crippen molar-refractivity contribution in [3.05, 3.63) is 88.7 Å². The second-order valence-electron chi connectivity index (χ2n) is 10.1. The molecule has 3 aromatic rings. The van der Waals surface area contributed by atoms with E-state index >= 15 is 0 Å². The molecule has 3 aromatic carbocycles. The largest absolute Gasteiger partial charge is 0.491 e. The first-order chi connectivity index (χ1) is 18.0. The predicted octanol–water partition coefficient (Wildman–Crippen LogP) is 9.28. The van der Waals surface area contributed by atoms with Crippen LogP contribution in [0.5, 0.6) is 5.75 Å². The smallest absolute Gasteiger partial charge is 0.167 e. The predicted molar refractivity (Wildman–Crippen MR) is 142 cm³/mol. The number of aryl methyl sites for hydroxylation is 1. The van der Waals surface area contributed by atoms with E-state index < -0.39 is 11.6 Å². The number of benzene rings is 3. The van der Waals surface area contributed by atoms with E-state index in [-0.39, 0.29) is 35.6 Å². The van der Waals surface area contributed by atoms with Gasteiger partial charge in [-0.05, 0) is 68.2 Å². The van der Waals surface area contributed by atoms with E-state index in [0.29, 0.717) is 17.9 Å². The van der Waals surface area contributed by atoms with Crippen molar-refractivity contribution in [2.75, 3.05) is 6.61 Å². The van der Waals surface area contributed by atoms with Gasteiger partial charge in [-0.3, -0.25) is 0 Å². The molecule has 1 saturated carbocycles. The molecule has 0 N–H and O–H groups in total. The van der Waals surface area contributed by atoms with E-state index in [9.17, 15) is 13.2 Å². The van der Waals surface area contributed by atoms with Crippen molar-refractivity contribution in [3.63, 3.8) is 0 Å². The molecule has 0 saturated heterocycles. The molecule has 0 amide bonds. The molecule has 4 rings (SSSR count). The summed E-state index contributed by atoms with van der Waals surface area (Å²) in [5.74, 6) is -1.42. The van der Waals surface area contributed by atoms with Crippen LogP contribution in [0.15, 0.2) is 54.6 Å². The van der Waals surface area contributed by atoms with Crippen LogP contribution in [-0.2, 0) is 11.3 Å². The minimum atomic E-state index is -0.852. The Kier molecular flexibility index (Phi) is 9.68. The van der Waals surface area contributed by atoms with Gasteiger partial charge in [0.15, 0.2) is 23.2 Å². The minimum Gasteiger partial charge on any atom is -0.491 e. The monoisotopic (exact) mass is 510 g/mol. The number of rotatable bonds is 11. The third-order valence-corrected chi connectivity index (χ3v) is 7.36. The molecule has 0 radical (unpaired) electrons. The van der Waals surface area contributed by atoms with Gasteiger partial charge >= 0.3 is 0 Å². The lowest BCUT2D eigenvalue weighted by molar-refractivity contribution is 0.0119. The van der Waals surface area contributed by atoms with Gasteiger partial charge in [-0.2, -0.15) is 0 Å². The van der Waals surface area contributed by atoms with Gasteiger partial charge in [-0.25, -0.2) is 13.2 Å². The number of hydrogen-bond acceptors (Lipinski definition) is 2. The summed E-state index contributed by atoms with van der Waals surface area (Å²) in [5.41, 5.74) is 3.17. The van der Waals surface area contributed by atoms with Gasteiger partial charge in [0.25, 0.3) is 0 Å². The lowest BCUT2D eigenvalue weighted by Gasteiger charge is -2.29. The van der Waals surface area contributed by atoms with Crippen molar-refractivity contribution in [3.8, 4) is 16.9 Å². The van der Waals surface area contributed by atoms with Crippen LogP contribution in [0.3, 0.4) is 0 Å². The van der Waals surface area contributed by atoms with Crippen LogP contribution in [0.25, 0.3) is 11.1 Å². The van der Waals surface area contributed by atoms with Crippen LogP contribution < -0.4 is 4.74 Å². The molecule has 1 fully saturated rings. The normalized spacial score (nSPS) is 17.6. The van der Waals surface area contributed by atoms with Gasteiger partial charge in [0.2, 0.25) is 0 Å². The Labute approximate surface area is 218 Å². The zero-order chi connectivity index (χ0) is 26.2. The Balaban J connectivity index is 1.27. The molecule has 0 aromatic heterocycles. The standard InChI is InChI=1S/C32H37F3O2/c1-3-4-5-6-19-36-30-18-14-25(20-29(30)33)23-11-15-27(16-12-23)37-21-26-13-17-28(32(35)31(26)34)24-9-7-22(2)8-10-24/h7-10,13-14,17-18,20,23,27H,3-6,11-12,15-16,19,21H2,1-2H3. The molecule has 37 heavy (non-hydrogen) atoms. The van der Waals surface area contributed by atoms with E-state index in [0.717, 1.165) is 56.1 Å². The fourth-order valence-corrected chi connectivity index (χ4v) is 5.03. The average Bonchev–Trinajstić information content (AvgIpc) is 2.91. The van der Waals surface area contributed by atoms with E-state index in [2.05, 4.69) is 6.92 Å². The lowest BCUT2D eigenvalue weighted by Crippen LogP contribution is -2.21. The first kappa shape index (κ1) is 27.3. The number of unbranched alkanes of at least 4 members (excludes halogenated alkanes) is 3. The molecule has 0 atom stereocenters. The van der Waals surface area contributed by atoms with Gasteiger partial charge in [0.05, 0.1) is 19.3 Å². The highest BCUT2D eigenvalue weighted by Gasteiger charge is 2.24. The zero-order valence-electron chi connectivity index (χ0n) is 21.9. The topological polar surface area (TPSA) is 18.5 Å². The maximum absolute atomic E-state index is 14.8. The highest BCUT2D eigenvalue weighted by Crippen LogP contribution is 2.36. The quantitative estimate of drug-likeness (QED) is 0.239. The van der Waals surface area contributed by atoms with E-state index in [1.807, 2.05) is 25.1 Å². The molecular formula is C32H37F3O2.